The summed E-state index contributed by atoms with van der Waals surface area (Å²) in [5.41, 5.74) is 6.04. The molecule has 0 bridgehead atoms. The van der Waals surface area contributed by atoms with Gasteiger partial charge in [-0.25, -0.2) is 0 Å². The molecule has 0 unspecified atom stereocenters. The molecule has 0 aliphatic rings. The van der Waals surface area contributed by atoms with Crippen LogP contribution in [0, 0.1) is 8.98 Å². The van der Waals surface area contributed by atoms with E-state index in [4.69, 9.17) is 11.1 Å². The molecule has 0 aliphatic carbocycles. The van der Waals surface area contributed by atoms with Crippen LogP contribution in [0.2, 0.25) is 0 Å². The molecule has 1 rings (SSSR count). The third kappa shape index (κ3) is 2.16. The van der Waals surface area contributed by atoms with Gasteiger partial charge in [0.25, 0.3) is 0 Å². The summed E-state index contributed by atoms with van der Waals surface area (Å²) in [6.07, 6.45) is 0. The number of halogens is 2. The van der Waals surface area contributed by atoms with Crippen molar-refractivity contribution in [1.82, 2.24) is 0 Å². The minimum atomic E-state index is 0.0992. The van der Waals surface area contributed by atoms with Crippen LogP contribution in [0.25, 0.3) is 0 Å². The third-order valence-electron chi connectivity index (χ3n) is 1.23. The zero-order chi connectivity index (χ0) is 8.43. The first-order valence-corrected chi connectivity index (χ1v) is 4.78. The fourth-order valence-corrected chi connectivity index (χ4v) is 1.38. The molecule has 0 saturated carbocycles. The van der Waals surface area contributed by atoms with E-state index in [0.29, 0.717) is 0 Å². The van der Waals surface area contributed by atoms with Crippen molar-refractivity contribution >= 4 is 44.4 Å². The number of hydrogen-bond donors (Lipinski definition) is 2. The number of nitrogens with two attached hydrogens (primary N) is 1. The average molecular weight is 325 g/mol. The first kappa shape index (κ1) is 8.99. The first-order valence-electron chi connectivity index (χ1n) is 2.90. The van der Waals surface area contributed by atoms with Gasteiger partial charge in [-0.15, -0.1) is 0 Å². The molecular formula is C7H6BrIN2. The van der Waals surface area contributed by atoms with Crippen LogP contribution in [0.3, 0.4) is 0 Å². The molecule has 58 valence electrons. The summed E-state index contributed by atoms with van der Waals surface area (Å²) in [7, 11) is 0. The second-order valence-corrected chi connectivity index (χ2v) is 4.06. The highest BCUT2D eigenvalue weighted by Crippen LogP contribution is 2.19. The molecule has 4 heteroatoms. The van der Waals surface area contributed by atoms with Crippen LogP contribution in [-0.2, 0) is 0 Å². The van der Waals surface area contributed by atoms with Gasteiger partial charge < -0.3 is 5.73 Å². The fraction of sp³-hybridized carbons (Fsp3) is 0. The van der Waals surface area contributed by atoms with Crippen LogP contribution in [0.4, 0.5) is 0 Å². The maximum Gasteiger partial charge on any atom is 0.122 e. The lowest BCUT2D eigenvalue weighted by molar-refractivity contribution is 1.41. The smallest absolute Gasteiger partial charge is 0.122 e. The minimum Gasteiger partial charge on any atom is -0.384 e. The van der Waals surface area contributed by atoms with E-state index in [9.17, 15) is 0 Å². The van der Waals surface area contributed by atoms with Gasteiger partial charge in [0.05, 0.1) is 0 Å². The second kappa shape index (κ2) is 3.53. The van der Waals surface area contributed by atoms with E-state index >= 15 is 0 Å². The van der Waals surface area contributed by atoms with Gasteiger partial charge in [-0.05, 0) is 50.7 Å². The van der Waals surface area contributed by atoms with Gasteiger partial charge in [0.15, 0.2) is 0 Å². The zero-order valence-electron chi connectivity index (χ0n) is 5.57. The van der Waals surface area contributed by atoms with Crippen LogP contribution in [-0.4, -0.2) is 5.84 Å². The molecular weight excluding hydrogens is 319 g/mol. The van der Waals surface area contributed by atoms with E-state index in [-0.39, 0.29) is 5.84 Å². The molecule has 0 radical (unpaired) electrons. The van der Waals surface area contributed by atoms with Gasteiger partial charge in [-0.2, -0.15) is 0 Å². The van der Waals surface area contributed by atoms with E-state index in [0.717, 1.165) is 13.6 Å². The van der Waals surface area contributed by atoms with E-state index < -0.39 is 0 Å². The average Bonchev–Trinajstić information content (AvgIpc) is 1.94. The van der Waals surface area contributed by atoms with E-state index in [1.807, 2.05) is 18.2 Å². The predicted molar refractivity (Wildman–Crippen MR) is 57.9 cm³/mol. The van der Waals surface area contributed by atoms with Crippen LogP contribution < -0.4 is 5.73 Å². The largest absolute Gasteiger partial charge is 0.384 e. The second-order valence-electron chi connectivity index (χ2n) is 2.04. The highest BCUT2D eigenvalue weighted by molar-refractivity contribution is 14.1. The topological polar surface area (TPSA) is 49.9 Å². The molecule has 1 aromatic rings. The van der Waals surface area contributed by atoms with Gasteiger partial charge in [0.1, 0.15) is 5.84 Å². The number of nitrogens with one attached hydrogen (secondary N) is 1. The van der Waals surface area contributed by atoms with E-state index in [1.165, 1.54) is 0 Å². The molecule has 0 fully saturated rings. The lowest BCUT2D eigenvalue weighted by Crippen LogP contribution is -2.10. The Bertz CT molecular complexity index is 298. The van der Waals surface area contributed by atoms with Gasteiger partial charge in [0, 0.05) is 13.6 Å². The number of amidine groups is 1. The Morgan fingerprint density at radius 2 is 2.18 bits per heavy atom. The van der Waals surface area contributed by atoms with Crippen molar-refractivity contribution < 1.29 is 0 Å². The van der Waals surface area contributed by atoms with Crippen molar-refractivity contribution in [2.45, 2.75) is 0 Å². The summed E-state index contributed by atoms with van der Waals surface area (Å²) in [6.45, 7) is 0. The summed E-state index contributed by atoms with van der Waals surface area (Å²) in [4.78, 5) is 0. The SMILES string of the molecule is N=C(N)c1ccc(I)c(Br)c1. The number of nitrogen functional groups attached to an aromatic ring is 1. The number of benzene rings is 1. The predicted octanol–water partition coefficient (Wildman–Crippen LogP) is 2.34. The van der Waals surface area contributed by atoms with Crippen LogP contribution >= 0.6 is 38.5 Å². The van der Waals surface area contributed by atoms with E-state index in [1.54, 1.807) is 0 Å². The lowest BCUT2D eigenvalue weighted by atomic mass is 10.2. The lowest BCUT2D eigenvalue weighted by Gasteiger charge is -1.99. The van der Waals surface area contributed by atoms with Crippen LogP contribution in [0.1, 0.15) is 5.56 Å². The summed E-state index contributed by atoms with van der Waals surface area (Å²) in [6, 6.07) is 5.58. The van der Waals surface area contributed by atoms with Crippen molar-refractivity contribution in [2.24, 2.45) is 5.73 Å². The molecule has 11 heavy (non-hydrogen) atoms. The Labute approximate surface area is 87.0 Å². The summed E-state index contributed by atoms with van der Waals surface area (Å²) >= 11 is 5.56. The van der Waals surface area contributed by atoms with Crippen molar-refractivity contribution in [1.29, 1.82) is 5.41 Å². The highest BCUT2D eigenvalue weighted by Gasteiger charge is 1.99. The summed E-state index contributed by atoms with van der Waals surface area (Å²) < 4.78 is 2.10. The van der Waals surface area contributed by atoms with Gasteiger partial charge in [-0.3, -0.25) is 5.41 Å². The standard InChI is InChI=1S/C7H6BrIN2/c8-5-3-4(7(10)11)1-2-6(5)9/h1-3H,(H3,10,11). The summed E-state index contributed by atoms with van der Waals surface area (Å²) in [5, 5.41) is 7.16. The van der Waals surface area contributed by atoms with Crippen molar-refractivity contribution in [3.63, 3.8) is 0 Å². The molecule has 3 N–H and O–H groups in total. The molecule has 0 atom stereocenters. The van der Waals surface area contributed by atoms with Gasteiger partial charge >= 0.3 is 0 Å². The summed E-state index contributed by atoms with van der Waals surface area (Å²) in [5.74, 6) is 0.0992. The fourth-order valence-electron chi connectivity index (χ4n) is 0.664. The normalized spacial score (nSPS) is 9.64. The first-order chi connectivity index (χ1) is 5.11. The Hall–Kier alpha value is -0.100. The maximum absolute atomic E-state index is 7.16. The maximum atomic E-state index is 7.16. The van der Waals surface area contributed by atoms with E-state index in [2.05, 4.69) is 38.5 Å². The Balaban J connectivity index is 3.15. The van der Waals surface area contributed by atoms with Crippen molar-refractivity contribution in [3.8, 4) is 0 Å². The molecule has 2 nitrogen and oxygen atoms in total. The van der Waals surface area contributed by atoms with Gasteiger partial charge in [0.2, 0.25) is 0 Å². The Kier molecular flexibility index (Phi) is 2.89. The Morgan fingerprint density at radius 3 is 2.64 bits per heavy atom. The highest BCUT2D eigenvalue weighted by atomic mass is 127. The monoisotopic (exact) mass is 324 g/mol. The molecule has 0 amide bonds. The number of hydrogen-bond acceptors (Lipinski definition) is 1. The van der Waals surface area contributed by atoms with Gasteiger partial charge in [-0.1, -0.05) is 6.07 Å². The molecule has 0 aromatic heterocycles. The van der Waals surface area contributed by atoms with Crippen molar-refractivity contribution in [2.75, 3.05) is 0 Å². The molecule has 0 heterocycles. The molecule has 0 aliphatic heterocycles. The minimum absolute atomic E-state index is 0.0992. The zero-order valence-corrected chi connectivity index (χ0v) is 9.31. The van der Waals surface area contributed by atoms with Crippen molar-refractivity contribution in [3.05, 3.63) is 31.8 Å². The Morgan fingerprint density at radius 1 is 1.55 bits per heavy atom. The molecule has 1 aromatic carbocycles. The van der Waals surface area contributed by atoms with Crippen LogP contribution in [0.15, 0.2) is 22.7 Å². The molecule has 0 spiro atoms. The van der Waals surface area contributed by atoms with Crippen LogP contribution in [0.5, 0.6) is 0 Å². The third-order valence-corrected chi connectivity index (χ3v) is 3.57. The molecule has 0 saturated heterocycles. The quantitative estimate of drug-likeness (QED) is 0.465. The number of rotatable bonds is 1.